The summed E-state index contributed by atoms with van der Waals surface area (Å²) < 4.78 is 1.95. The predicted molar refractivity (Wildman–Crippen MR) is 203 cm³/mol. The minimum atomic E-state index is -1.60. The summed E-state index contributed by atoms with van der Waals surface area (Å²) in [7, 11) is 18.6. The van der Waals surface area contributed by atoms with E-state index < -0.39 is 5.11 Å². The number of fused-ring (bicyclic) bond motifs is 6. The van der Waals surface area contributed by atoms with E-state index >= 15 is 0 Å². The number of hydrogen-bond acceptors (Lipinski definition) is 1. The van der Waals surface area contributed by atoms with Crippen LogP contribution in [0.4, 0.5) is 0 Å². The third kappa shape index (κ3) is 4.20. The number of nitrogens with zero attached hydrogens (tertiary/aromatic N) is 2. The molecule has 9 rings (SSSR count). The van der Waals surface area contributed by atoms with Crippen LogP contribution in [0.2, 0.25) is 0 Å². The zero-order valence-electron chi connectivity index (χ0n) is 26.9. The first-order chi connectivity index (χ1) is 23.2. The van der Waals surface area contributed by atoms with Gasteiger partial charge in [-0.25, -0.2) is 4.98 Å². The second-order valence-electron chi connectivity index (χ2n) is 13.5. The Morgan fingerprint density at radius 3 is 1.71 bits per heavy atom. The number of benzene rings is 7. The average Bonchev–Trinajstić information content (AvgIpc) is 3.61. The highest BCUT2D eigenvalue weighted by Gasteiger charge is 2.35. The minimum Gasteiger partial charge on any atom is -0.298 e. The van der Waals surface area contributed by atoms with E-state index in [0.29, 0.717) is 5.82 Å². The van der Waals surface area contributed by atoms with Gasteiger partial charge in [-0.05, 0) is 96.4 Å². The number of rotatable bonds is 4. The van der Waals surface area contributed by atoms with E-state index in [1.165, 1.54) is 60.5 Å². The van der Waals surface area contributed by atoms with Crippen molar-refractivity contribution in [3.63, 3.8) is 0 Å². The Balaban J connectivity index is 1.24. The molecular weight excluding hydrogens is 577 g/mol. The summed E-state index contributed by atoms with van der Waals surface area (Å²) in [5.74, 6) is 0.400. The highest BCUT2D eigenvalue weighted by atomic mass is 15.1. The lowest BCUT2D eigenvalue weighted by Crippen LogP contribution is -2.31. The lowest BCUT2D eigenvalue weighted by atomic mass is 9.42. The molecule has 0 saturated carbocycles. The Bertz CT molecular complexity index is 2520. The molecule has 2 nitrogen and oxygen atoms in total. The van der Waals surface area contributed by atoms with Crippen molar-refractivity contribution in [2.24, 2.45) is 0 Å². The third-order valence-corrected chi connectivity index (χ3v) is 10.2. The van der Waals surface area contributed by atoms with Crippen LogP contribution in [0.3, 0.4) is 0 Å². The maximum atomic E-state index is 6.21. The molecule has 0 bridgehead atoms. The zero-order chi connectivity index (χ0) is 32.8. The van der Waals surface area contributed by atoms with Crippen molar-refractivity contribution in [3.05, 3.63) is 156 Å². The average molecular weight is 606 g/mol. The third-order valence-electron chi connectivity index (χ3n) is 10.2. The molecule has 0 N–H and O–H groups in total. The first kappa shape index (κ1) is 28.9. The second kappa shape index (κ2) is 10.4. The Kier molecular flexibility index (Phi) is 6.24. The van der Waals surface area contributed by atoms with Gasteiger partial charge in [-0.3, -0.25) is 4.57 Å². The molecule has 7 aromatic carbocycles. The Morgan fingerprint density at radius 1 is 0.542 bits per heavy atom. The van der Waals surface area contributed by atoms with Gasteiger partial charge in [-0.15, -0.1) is 0 Å². The molecule has 5 heteroatoms. The zero-order valence-corrected chi connectivity index (χ0v) is 26.9. The van der Waals surface area contributed by atoms with Crippen molar-refractivity contribution in [2.75, 3.05) is 0 Å². The number of para-hydroxylation sites is 2. The molecule has 1 aromatic heterocycles. The molecule has 0 unspecified atom stereocenters. The lowest BCUT2D eigenvalue weighted by molar-refractivity contribution is 0.660. The molecule has 1 aliphatic carbocycles. The largest absolute Gasteiger partial charge is 0.298 e. The quantitative estimate of drug-likeness (QED) is 0.144. The molecule has 8 aromatic rings. The van der Waals surface area contributed by atoms with Gasteiger partial charge >= 0.3 is 0 Å². The summed E-state index contributed by atoms with van der Waals surface area (Å²) >= 11 is 0. The Hall–Kier alpha value is -5.28. The normalized spacial score (nSPS) is 13.6. The van der Waals surface area contributed by atoms with Gasteiger partial charge in [0.15, 0.2) is 0 Å². The van der Waals surface area contributed by atoms with Crippen LogP contribution in [-0.4, -0.2) is 33.1 Å². The summed E-state index contributed by atoms with van der Waals surface area (Å²) in [5.41, 5.74) is 12.7. The van der Waals surface area contributed by atoms with Gasteiger partial charge in [0.1, 0.15) is 0 Å². The van der Waals surface area contributed by atoms with Crippen molar-refractivity contribution in [1.29, 1.82) is 0 Å². The molecule has 6 radical (unpaired) electrons. The Morgan fingerprint density at radius 2 is 1.06 bits per heavy atom. The van der Waals surface area contributed by atoms with Crippen molar-refractivity contribution < 1.29 is 0 Å². The number of aromatic nitrogens is 2. The van der Waals surface area contributed by atoms with Gasteiger partial charge in [0.2, 0.25) is 0 Å². The molecule has 0 saturated heterocycles. The fraction of sp³-hybridized carbons (Fsp3) is 0.0930. The lowest BCUT2D eigenvalue weighted by Gasteiger charge is -2.23. The minimum absolute atomic E-state index is 0.0764. The monoisotopic (exact) mass is 606 g/mol. The van der Waals surface area contributed by atoms with E-state index in [2.05, 4.69) is 129 Å². The fourth-order valence-electron chi connectivity index (χ4n) is 7.97. The number of hydrogen-bond donors (Lipinski definition) is 0. The van der Waals surface area contributed by atoms with E-state index in [1.807, 2.05) is 28.8 Å². The highest BCUT2D eigenvalue weighted by molar-refractivity contribution is 6.58. The van der Waals surface area contributed by atoms with Crippen LogP contribution in [0.1, 0.15) is 30.8 Å². The first-order valence-electron chi connectivity index (χ1n) is 16.4. The van der Waals surface area contributed by atoms with Crippen molar-refractivity contribution in [1.82, 2.24) is 9.55 Å². The van der Waals surface area contributed by atoms with Crippen LogP contribution in [0.15, 0.2) is 140 Å². The molecule has 48 heavy (non-hydrogen) atoms. The second-order valence-corrected chi connectivity index (χ2v) is 13.5. The molecule has 1 heterocycles. The van der Waals surface area contributed by atoms with Crippen LogP contribution in [0.5, 0.6) is 0 Å². The van der Waals surface area contributed by atoms with Crippen LogP contribution in [-0.2, 0) is 10.5 Å². The fourth-order valence-corrected chi connectivity index (χ4v) is 7.97. The maximum Gasteiger partial charge on any atom is 0.0951 e. The van der Waals surface area contributed by atoms with E-state index in [4.69, 9.17) is 28.5 Å². The van der Waals surface area contributed by atoms with Gasteiger partial charge < -0.3 is 0 Å². The van der Waals surface area contributed by atoms with E-state index in [-0.39, 0.29) is 5.41 Å². The van der Waals surface area contributed by atoms with Gasteiger partial charge in [0.25, 0.3) is 0 Å². The summed E-state index contributed by atoms with van der Waals surface area (Å²) in [6.07, 6.45) is 0. The molecule has 0 fully saturated rings. The maximum absolute atomic E-state index is 6.21. The molecule has 1 aliphatic rings. The van der Waals surface area contributed by atoms with Gasteiger partial charge in [0.05, 0.1) is 40.4 Å². The van der Waals surface area contributed by atoms with Crippen molar-refractivity contribution >= 4 is 56.1 Å². The van der Waals surface area contributed by atoms with E-state index in [0.717, 1.165) is 22.3 Å². The summed E-state index contributed by atoms with van der Waals surface area (Å²) in [6, 6.07) is 49.8. The molecule has 0 spiro atoms. The van der Waals surface area contributed by atoms with E-state index in [1.54, 1.807) is 0 Å². The van der Waals surface area contributed by atoms with Crippen molar-refractivity contribution in [3.8, 4) is 39.1 Å². The van der Waals surface area contributed by atoms with Gasteiger partial charge in [0, 0.05) is 11.1 Å². The molecule has 0 amide bonds. The Labute approximate surface area is 284 Å². The van der Waals surface area contributed by atoms with Crippen LogP contribution in [0, 0.1) is 0 Å². The standard InChI is InChI=1S/C43H29B3N2/c1-42(2)35-16-8-7-11-29(35)30-24-21-27(25-36(30)42)40-33-14-5-3-12-31(33)39(32-13-4-6-15-34(32)40)26-19-22-28(23-20-26)48-38-18-10-9-17-37(38)47-41(48)43(44,45)46/h3-25H,1-2H3. The van der Waals surface area contributed by atoms with Crippen LogP contribution < -0.4 is 0 Å². The highest BCUT2D eigenvalue weighted by Crippen LogP contribution is 2.51. The topological polar surface area (TPSA) is 17.8 Å². The SMILES string of the molecule is [B]C([B])([B])c1nc2ccccc2n1-c1ccc(-c2c3ccccc3c(-c3ccc4c(c3)C(C)(C)c3ccccc3-4)c3ccccc23)cc1. The van der Waals surface area contributed by atoms with Crippen LogP contribution in [0.25, 0.3) is 71.6 Å². The van der Waals surface area contributed by atoms with Gasteiger partial charge in [-0.1, -0.05) is 128 Å². The summed E-state index contributed by atoms with van der Waals surface area (Å²) in [5, 5.41) is 3.27. The smallest absolute Gasteiger partial charge is 0.0951 e. The molecular formula is C43H29B3N2. The van der Waals surface area contributed by atoms with E-state index in [9.17, 15) is 0 Å². The van der Waals surface area contributed by atoms with Crippen molar-refractivity contribution in [2.45, 2.75) is 24.4 Å². The molecule has 0 aliphatic heterocycles. The first-order valence-corrected chi connectivity index (χ1v) is 16.4. The summed E-state index contributed by atoms with van der Waals surface area (Å²) in [6.45, 7) is 4.68. The predicted octanol–water partition coefficient (Wildman–Crippen LogP) is 9.59. The van der Waals surface area contributed by atoms with Gasteiger partial charge in [-0.2, -0.15) is 0 Å². The molecule has 0 atom stereocenters. The van der Waals surface area contributed by atoms with Crippen LogP contribution >= 0.6 is 0 Å². The molecule has 220 valence electrons. The number of imidazole rings is 1. The summed E-state index contributed by atoms with van der Waals surface area (Å²) in [4.78, 5) is 4.69.